The zero-order chi connectivity index (χ0) is 33.3. The van der Waals surface area contributed by atoms with Crippen LogP contribution >= 0.6 is 0 Å². The quantitative estimate of drug-likeness (QED) is 0.331. The van der Waals surface area contributed by atoms with Crippen molar-refractivity contribution in [3.05, 3.63) is 41.2 Å². The van der Waals surface area contributed by atoms with E-state index in [4.69, 9.17) is 14.5 Å². The van der Waals surface area contributed by atoms with Gasteiger partial charge in [-0.1, -0.05) is 0 Å². The molecule has 47 heavy (non-hydrogen) atoms. The first-order valence-corrected chi connectivity index (χ1v) is 15.9. The summed E-state index contributed by atoms with van der Waals surface area (Å²) in [6, 6.07) is 0.805. The number of nitrogens with zero attached hydrogens (tertiary/aromatic N) is 6. The van der Waals surface area contributed by atoms with Gasteiger partial charge in [-0.2, -0.15) is 23.4 Å². The van der Waals surface area contributed by atoms with Gasteiger partial charge in [-0.15, -0.1) is 0 Å². The lowest BCUT2D eigenvalue weighted by atomic mass is 9.81. The molecule has 3 fully saturated rings. The number of imidazole rings is 1. The second-order valence-corrected chi connectivity index (χ2v) is 12.5. The number of aryl methyl sites for hydroxylation is 1. The zero-order valence-electron chi connectivity index (χ0n) is 25.8. The Morgan fingerprint density at radius 3 is 2.66 bits per heavy atom. The third-order valence-electron chi connectivity index (χ3n) is 9.24. The van der Waals surface area contributed by atoms with E-state index in [0.29, 0.717) is 42.5 Å². The highest BCUT2D eigenvalue weighted by atomic mass is 19.4. The lowest BCUT2D eigenvalue weighted by Crippen LogP contribution is -2.47. The van der Waals surface area contributed by atoms with Crippen molar-refractivity contribution in [3.8, 4) is 0 Å². The highest BCUT2D eigenvalue weighted by Crippen LogP contribution is 2.41. The monoisotopic (exact) mass is 668 g/mol. The number of fused-ring (bicyclic) bond motifs is 1. The van der Waals surface area contributed by atoms with Crippen LogP contribution in [0.25, 0.3) is 5.78 Å². The van der Waals surface area contributed by atoms with Crippen molar-refractivity contribution in [1.82, 2.24) is 40.0 Å². The molecular weight excluding hydrogens is 631 g/mol. The third kappa shape index (κ3) is 7.55. The molecule has 1 unspecified atom stereocenters. The summed E-state index contributed by atoms with van der Waals surface area (Å²) in [6.07, 6.45) is -2.45. The second-order valence-electron chi connectivity index (χ2n) is 12.5. The number of ether oxygens (including phenoxy) is 2. The molecule has 3 aromatic rings. The minimum Gasteiger partial charge on any atom is -0.376 e. The van der Waals surface area contributed by atoms with E-state index in [1.165, 1.54) is 15.4 Å². The Balaban J connectivity index is 1.34. The average molecular weight is 669 g/mol. The van der Waals surface area contributed by atoms with Crippen LogP contribution in [0, 0.1) is 17.8 Å². The molecule has 0 spiro atoms. The van der Waals surface area contributed by atoms with E-state index in [1.807, 2.05) is 6.92 Å². The molecule has 5 heterocycles. The molecule has 4 atom stereocenters. The van der Waals surface area contributed by atoms with Gasteiger partial charge in [0.2, 0.25) is 11.8 Å². The van der Waals surface area contributed by atoms with Crippen LogP contribution in [0.3, 0.4) is 0 Å². The van der Waals surface area contributed by atoms with Crippen LogP contribution in [-0.4, -0.2) is 85.7 Å². The summed E-state index contributed by atoms with van der Waals surface area (Å²) in [4.78, 5) is 35.5. The fourth-order valence-electron chi connectivity index (χ4n) is 6.63. The zero-order valence-corrected chi connectivity index (χ0v) is 25.8. The number of hydrogen-bond donors (Lipinski definition) is 2. The van der Waals surface area contributed by atoms with Gasteiger partial charge in [0.25, 0.3) is 11.7 Å². The number of carbonyl (C=O) groups excluding carboxylic acids is 2. The van der Waals surface area contributed by atoms with Gasteiger partial charge in [0.15, 0.2) is 0 Å². The number of amides is 2. The van der Waals surface area contributed by atoms with Gasteiger partial charge in [-0.05, 0) is 38.2 Å². The number of piperidine rings is 1. The lowest BCUT2D eigenvalue weighted by molar-refractivity contribution is -0.183. The number of alkyl halides is 5. The van der Waals surface area contributed by atoms with Crippen molar-refractivity contribution in [3.63, 3.8) is 0 Å². The number of carbonyl (C=O) groups is 2. The number of halogens is 5. The maximum atomic E-state index is 14.1. The molecule has 17 heteroatoms. The van der Waals surface area contributed by atoms with Crippen LogP contribution in [0.2, 0.25) is 0 Å². The number of aromatic nitrogens is 6. The molecule has 1 aliphatic carbocycles. The second kappa shape index (κ2) is 13.4. The molecule has 2 aliphatic heterocycles. The van der Waals surface area contributed by atoms with Gasteiger partial charge in [0.05, 0.1) is 61.2 Å². The Morgan fingerprint density at radius 2 is 1.96 bits per heavy atom. The fourth-order valence-corrected chi connectivity index (χ4v) is 6.63. The molecule has 2 amide bonds. The van der Waals surface area contributed by atoms with E-state index in [9.17, 15) is 31.5 Å². The minimum atomic E-state index is -4.46. The van der Waals surface area contributed by atoms with E-state index >= 15 is 0 Å². The van der Waals surface area contributed by atoms with Crippen molar-refractivity contribution in [2.45, 2.75) is 82.7 Å². The summed E-state index contributed by atoms with van der Waals surface area (Å²) in [6.45, 7) is 2.87. The van der Waals surface area contributed by atoms with Crippen molar-refractivity contribution in [1.29, 1.82) is 0 Å². The Morgan fingerprint density at radius 1 is 1.17 bits per heavy atom. The maximum Gasteiger partial charge on any atom is 0.393 e. The van der Waals surface area contributed by atoms with Gasteiger partial charge in [0.1, 0.15) is 5.69 Å². The van der Waals surface area contributed by atoms with Crippen LogP contribution in [-0.2, 0) is 33.7 Å². The molecule has 3 aliphatic rings. The van der Waals surface area contributed by atoms with Crippen LogP contribution in [0.1, 0.15) is 72.6 Å². The normalized spacial score (nSPS) is 24.6. The van der Waals surface area contributed by atoms with E-state index in [2.05, 4.69) is 25.8 Å². The largest absolute Gasteiger partial charge is 0.393 e. The molecule has 0 aromatic carbocycles. The average Bonchev–Trinajstić information content (AvgIpc) is 3.68. The molecule has 1 saturated carbocycles. The Hall–Kier alpha value is -3.73. The van der Waals surface area contributed by atoms with Gasteiger partial charge in [-0.3, -0.25) is 14.3 Å². The van der Waals surface area contributed by atoms with Gasteiger partial charge < -0.3 is 20.1 Å². The van der Waals surface area contributed by atoms with Crippen LogP contribution in [0.5, 0.6) is 0 Å². The summed E-state index contributed by atoms with van der Waals surface area (Å²) in [5.74, 6) is -6.62. The minimum absolute atomic E-state index is 0.101. The topological polar surface area (TPSA) is 138 Å². The molecule has 6 rings (SSSR count). The highest BCUT2D eigenvalue weighted by Gasteiger charge is 2.45. The predicted molar refractivity (Wildman–Crippen MR) is 154 cm³/mol. The van der Waals surface area contributed by atoms with E-state index in [0.717, 1.165) is 0 Å². The van der Waals surface area contributed by atoms with E-state index in [-0.39, 0.29) is 63.2 Å². The molecule has 2 N–H and O–H groups in total. The van der Waals surface area contributed by atoms with Crippen molar-refractivity contribution < 1.29 is 41.0 Å². The van der Waals surface area contributed by atoms with E-state index < -0.39 is 54.4 Å². The molecule has 3 aromatic heterocycles. The highest BCUT2D eigenvalue weighted by molar-refractivity contribution is 5.92. The molecule has 12 nitrogen and oxygen atoms in total. The molecule has 2 saturated heterocycles. The van der Waals surface area contributed by atoms with Gasteiger partial charge in [-0.25, -0.2) is 23.3 Å². The van der Waals surface area contributed by atoms with Crippen LogP contribution in [0.4, 0.5) is 22.0 Å². The SMILES string of the molecule is CCn1nccc1C(=O)N[C@H](c1cn2nc(C[C@H]3C[C@@H](C(F)(F)F)CNC3=O)c(CC3COCCO3)nc2n1)C1CCC(F)(F)CC1. The number of rotatable bonds is 9. The van der Waals surface area contributed by atoms with Crippen LogP contribution < -0.4 is 10.6 Å². The van der Waals surface area contributed by atoms with Crippen molar-refractivity contribution >= 4 is 17.6 Å². The Bertz CT molecular complexity index is 1580. The summed E-state index contributed by atoms with van der Waals surface area (Å²) in [5, 5.41) is 14.2. The fraction of sp³-hybridized carbons (Fsp3) is 0.667. The van der Waals surface area contributed by atoms with Crippen molar-refractivity contribution in [2.75, 3.05) is 26.4 Å². The first-order valence-electron chi connectivity index (χ1n) is 15.9. The molecule has 0 radical (unpaired) electrons. The number of nitrogens with one attached hydrogen (secondary N) is 2. The standard InChI is InChI=1S/C30H37F5N8O4/c1-2-42-24(5-8-37-42)27(45)40-25(17-3-6-29(31,32)7-4-17)23-15-43-28(39-23)38-21(13-20-16-46-9-10-47-20)22(41-43)12-18-11-19(30(33,34)35)14-36-26(18)44/h5,8,15,17-20,25H,2-4,6-7,9-14,16H2,1H3,(H,36,44)(H,40,45)/t18-,19-,20?,25+/m1/s1. The lowest BCUT2D eigenvalue weighted by Gasteiger charge is -2.33. The van der Waals surface area contributed by atoms with Gasteiger partial charge in [0, 0.05) is 50.9 Å². The third-order valence-corrected chi connectivity index (χ3v) is 9.24. The smallest absolute Gasteiger partial charge is 0.376 e. The summed E-state index contributed by atoms with van der Waals surface area (Å²) >= 11 is 0. The number of hydrogen-bond acceptors (Lipinski definition) is 8. The van der Waals surface area contributed by atoms with Gasteiger partial charge >= 0.3 is 6.18 Å². The first kappa shape index (κ1) is 33.2. The molecule has 256 valence electrons. The molecule has 0 bridgehead atoms. The maximum absolute atomic E-state index is 14.1. The predicted octanol–water partition coefficient (Wildman–Crippen LogP) is 3.45. The Kier molecular flexibility index (Phi) is 9.47. The Labute approximate surface area is 266 Å². The summed E-state index contributed by atoms with van der Waals surface area (Å²) < 4.78 is 83.2. The summed E-state index contributed by atoms with van der Waals surface area (Å²) in [5.41, 5.74) is 1.37. The van der Waals surface area contributed by atoms with Crippen LogP contribution in [0.15, 0.2) is 18.5 Å². The summed E-state index contributed by atoms with van der Waals surface area (Å²) in [7, 11) is 0. The first-order chi connectivity index (χ1) is 22.4. The van der Waals surface area contributed by atoms with Crippen molar-refractivity contribution in [2.24, 2.45) is 17.8 Å². The van der Waals surface area contributed by atoms with E-state index in [1.54, 1.807) is 12.3 Å². The molecular formula is C30H37F5N8O4.